The number of amides is 1. The normalized spacial score (nSPS) is 39.8. The van der Waals surface area contributed by atoms with Crippen LogP contribution in [0.25, 0.3) is 0 Å². The van der Waals surface area contributed by atoms with Crippen LogP contribution < -0.4 is 5.32 Å². The number of hydrogen-bond acceptors (Lipinski definition) is 6. The Morgan fingerprint density at radius 2 is 1.86 bits per heavy atom. The highest BCUT2D eigenvalue weighted by atomic mass is 16.5. The first-order valence-electron chi connectivity index (χ1n) is 12.9. The molecule has 1 aromatic carbocycles. The molecule has 2 aliphatic carbocycles. The molecule has 7 nitrogen and oxygen atoms in total. The summed E-state index contributed by atoms with van der Waals surface area (Å²) in [6.45, 7) is 10.5. The lowest BCUT2D eigenvalue weighted by atomic mass is 9.51. The van der Waals surface area contributed by atoms with Crippen LogP contribution in [0, 0.1) is 29.1 Å². The Hall–Kier alpha value is -3.03. The number of ether oxygens (including phenoxy) is 1. The highest BCUT2D eigenvalue weighted by Crippen LogP contribution is 2.58. The number of allylic oxidation sites excluding steroid dienone is 1. The monoisotopic (exact) mass is 507 g/mol. The Kier molecular flexibility index (Phi) is 7.32. The molecule has 1 amide bonds. The molecule has 1 spiro atoms. The van der Waals surface area contributed by atoms with E-state index in [4.69, 9.17) is 4.74 Å². The third-order valence-corrected chi connectivity index (χ3v) is 8.53. The van der Waals surface area contributed by atoms with Crippen molar-refractivity contribution in [1.29, 1.82) is 0 Å². The third-order valence-electron chi connectivity index (χ3n) is 8.53. The van der Waals surface area contributed by atoms with Gasteiger partial charge in [-0.05, 0) is 49.0 Å². The van der Waals surface area contributed by atoms with Gasteiger partial charge in [-0.2, -0.15) is 0 Å². The zero-order chi connectivity index (χ0) is 27.1. The Balaban J connectivity index is 1.94. The molecule has 2 fully saturated rings. The van der Waals surface area contributed by atoms with Crippen molar-refractivity contribution in [2.45, 2.75) is 64.4 Å². The minimum atomic E-state index is -1.82. The molecule has 1 saturated carbocycles. The van der Waals surface area contributed by atoms with Crippen molar-refractivity contribution in [3.8, 4) is 0 Å². The lowest BCUT2D eigenvalue weighted by Crippen LogP contribution is -2.60. The van der Waals surface area contributed by atoms with Crippen LogP contribution in [0.3, 0.4) is 0 Å². The molecule has 1 saturated heterocycles. The van der Waals surface area contributed by atoms with E-state index < -0.39 is 46.9 Å². The van der Waals surface area contributed by atoms with Crippen molar-refractivity contribution < 1.29 is 29.3 Å². The number of aliphatic hydroxyl groups excluding tert-OH is 1. The van der Waals surface area contributed by atoms with Gasteiger partial charge in [-0.25, -0.2) is 0 Å². The van der Waals surface area contributed by atoms with Crippen LogP contribution in [0.2, 0.25) is 0 Å². The molecule has 1 unspecified atom stereocenters. The lowest BCUT2D eigenvalue weighted by Gasteiger charge is -2.52. The van der Waals surface area contributed by atoms with Gasteiger partial charge in [-0.1, -0.05) is 62.9 Å². The number of rotatable bonds is 3. The molecular weight excluding hydrogens is 470 g/mol. The van der Waals surface area contributed by atoms with Gasteiger partial charge in [0, 0.05) is 30.7 Å². The Bertz CT molecular complexity index is 1140. The molecule has 1 heterocycles. The van der Waals surface area contributed by atoms with Crippen LogP contribution in [0.5, 0.6) is 0 Å². The lowest BCUT2D eigenvalue weighted by molar-refractivity contribution is -0.166. The first-order chi connectivity index (χ1) is 17.4. The van der Waals surface area contributed by atoms with Gasteiger partial charge >= 0.3 is 5.97 Å². The van der Waals surface area contributed by atoms with Gasteiger partial charge in [0.15, 0.2) is 5.78 Å². The molecule has 9 atom stereocenters. The van der Waals surface area contributed by atoms with Gasteiger partial charge in [0.2, 0.25) is 5.91 Å². The van der Waals surface area contributed by atoms with Crippen LogP contribution in [0.4, 0.5) is 0 Å². The van der Waals surface area contributed by atoms with E-state index in [1.54, 1.807) is 19.1 Å². The van der Waals surface area contributed by atoms with E-state index in [-0.39, 0.29) is 23.7 Å². The van der Waals surface area contributed by atoms with Crippen LogP contribution in [-0.2, 0) is 25.5 Å². The van der Waals surface area contributed by atoms with Gasteiger partial charge in [0.25, 0.3) is 0 Å². The molecule has 3 N–H and O–H groups in total. The Labute approximate surface area is 218 Å². The van der Waals surface area contributed by atoms with Crippen LogP contribution >= 0.6 is 0 Å². The number of Topliss-reactive ketones (excluding diaryl/α,β-unsaturated/α-hetero) is 1. The fourth-order valence-corrected chi connectivity index (χ4v) is 6.68. The summed E-state index contributed by atoms with van der Waals surface area (Å²) in [6, 6.07) is 9.49. The van der Waals surface area contributed by atoms with E-state index in [1.165, 1.54) is 26.0 Å². The number of carbonyl (C=O) groups excluding carboxylic acids is 3. The zero-order valence-electron chi connectivity index (χ0n) is 21.9. The molecule has 7 heteroatoms. The Morgan fingerprint density at radius 1 is 1.19 bits per heavy atom. The first kappa shape index (κ1) is 27.0. The SMILES string of the molecule is C=C1[C@@H](C)[C@H]2[C@H](Cc3ccccc3)NC(=O)[C@]23C(OC(C)=O)C=C[C@@](C)(O)C(=O)[C@@H](C)CC=C[C@H]3[C@@H]1O. The average molecular weight is 508 g/mol. The second-order valence-corrected chi connectivity index (χ2v) is 11.0. The number of ketones is 1. The summed E-state index contributed by atoms with van der Waals surface area (Å²) in [5.41, 5.74) is -1.55. The van der Waals surface area contributed by atoms with Crippen molar-refractivity contribution in [3.05, 3.63) is 72.4 Å². The molecule has 4 rings (SSSR count). The van der Waals surface area contributed by atoms with Crippen molar-refractivity contribution in [2.75, 3.05) is 0 Å². The third kappa shape index (κ3) is 4.59. The smallest absolute Gasteiger partial charge is 0.303 e. The second-order valence-electron chi connectivity index (χ2n) is 11.0. The fourth-order valence-electron chi connectivity index (χ4n) is 6.68. The quantitative estimate of drug-likeness (QED) is 0.428. The van der Waals surface area contributed by atoms with E-state index in [9.17, 15) is 24.6 Å². The number of hydrogen-bond donors (Lipinski definition) is 3. The first-order valence-corrected chi connectivity index (χ1v) is 12.9. The maximum absolute atomic E-state index is 14.2. The van der Waals surface area contributed by atoms with E-state index in [1.807, 2.05) is 37.3 Å². The summed E-state index contributed by atoms with van der Waals surface area (Å²) in [4.78, 5) is 39.5. The zero-order valence-corrected chi connectivity index (χ0v) is 21.9. The maximum Gasteiger partial charge on any atom is 0.303 e. The summed E-state index contributed by atoms with van der Waals surface area (Å²) >= 11 is 0. The van der Waals surface area contributed by atoms with E-state index >= 15 is 0 Å². The van der Waals surface area contributed by atoms with Crippen molar-refractivity contribution in [1.82, 2.24) is 5.32 Å². The summed E-state index contributed by atoms with van der Waals surface area (Å²) in [5, 5.41) is 25.7. The molecule has 0 aromatic heterocycles. The van der Waals surface area contributed by atoms with E-state index in [2.05, 4.69) is 11.9 Å². The summed E-state index contributed by atoms with van der Waals surface area (Å²) < 4.78 is 5.81. The van der Waals surface area contributed by atoms with E-state index in [0.29, 0.717) is 18.4 Å². The fraction of sp³-hybridized carbons (Fsp3) is 0.500. The molecule has 37 heavy (non-hydrogen) atoms. The van der Waals surface area contributed by atoms with Gasteiger partial charge in [0.05, 0.1) is 6.10 Å². The predicted octanol–water partition coefficient (Wildman–Crippen LogP) is 2.92. The van der Waals surface area contributed by atoms with Gasteiger partial charge < -0.3 is 20.3 Å². The number of benzene rings is 1. The second kappa shape index (κ2) is 10.0. The van der Waals surface area contributed by atoms with Crippen molar-refractivity contribution >= 4 is 17.7 Å². The number of carbonyl (C=O) groups is 3. The van der Waals surface area contributed by atoms with Gasteiger partial charge in [0.1, 0.15) is 17.1 Å². The van der Waals surface area contributed by atoms with Crippen molar-refractivity contribution in [3.63, 3.8) is 0 Å². The molecule has 3 aliphatic rings. The number of aliphatic hydroxyl groups is 2. The standard InChI is InChI=1S/C30H37NO6/c1-17-10-9-13-22-26(33)19(3)18(2)25-23(16-21-11-7-6-8-12-21)31-28(35)30(22,25)24(37-20(4)32)14-15-29(5,36)27(17)34/h6-9,11-15,17-18,22-26,33,36H,3,10,16H2,1-2,4-5H3,(H,31,35)/t17-,18+,22-,23-,24?,25-,26+,29+,30+/m0/s1. The summed E-state index contributed by atoms with van der Waals surface area (Å²) in [5.74, 6) is -3.26. The molecule has 198 valence electrons. The molecule has 0 bridgehead atoms. The van der Waals surface area contributed by atoms with Crippen LogP contribution in [-0.4, -0.2) is 51.7 Å². The largest absolute Gasteiger partial charge is 0.457 e. The number of esters is 1. The molecule has 1 aromatic rings. The summed E-state index contributed by atoms with van der Waals surface area (Å²) in [6.07, 6.45) is 5.01. The topological polar surface area (TPSA) is 113 Å². The van der Waals surface area contributed by atoms with E-state index in [0.717, 1.165) is 5.56 Å². The van der Waals surface area contributed by atoms with Gasteiger partial charge in [-0.15, -0.1) is 0 Å². The highest BCUT2D eigenvalue weighted by Gasteiger charge is 2.68. The summed E-state index contributed by atoms with van der Waals surface area (Å²) in [7, 11) is 0. The number of nitrogens with one attached hydrogen (secondary N) is 1. The van der Waals surface area contributed by atoms with Gasteiger partial charge in [-0.3, -0.25) is 14.4 Å². The average Bonchev–Trinajstić information content (AvgIpc) is 3.13. The van der Waals surface area contributed by atoms with Crippen LogP contribution in [0.15, 0.2) is 66.8 Å². The molecule has 1 aliphatic heterocycles. The minimum absolute atomic E-state index is 0.287. The minimum Gasteiger partial charge on any atom is -0.457 e. The van der Waals surface area contributed by atoms with Crippen LogP contribution in [0.1, 0.15) is 39.7 Å². The maximum atomic E-state index is 14.2. The van der Waals surface area contributed by atoms with Crippen molar-refractivity contribution in [2.24, 2.45) is 29.1 Å². The molecular formula is C30H37NO6. The molecule has 0 radical (unpaired) electrons. The predicted molar refractivity (Wildman–Crippen MR) is 139 cm³/mol. The Morgan fingerprint density at radius 3 is 2.51 bits per heavy atom. The highest BCUT2D eigenvalue weighted by molar-refractivity contribution is 5.91.